The summed E-state index contributed by atoms with van der Waals surface area (Å²) in [7, 11) is 1.42. The Morgan fingerprint density at radius 3 is 2.60 bits per heavy atom. The van der Waals surface area contributed by atoms with Crippen LogP contribution in [0.3, 0.4) is 0 Å². The number of hydrogen-bond acceptors (Lipinski definition) is 3. The van der Waals surface area contributed by atoms with Crippen molar-refractivity contribution in [3.05, 3.63) is 65.5 Å². The molecule has 3 nitrogen and oxygen atoms in total. The zero-order chi connectivity index (χ0) is 14.4. The van der Waals surface area contributed by atoms with Crippen molar-refractivity contribution < 1.29 is 18.7 Å². The van der Waals surface area contributed by atoms with Crippen LogP contribution < -0.4 is 4.74 Å². The average molecular weight is 274 g/mol. The quantitative estimate of drug-likeness (QED) is 0.785. The number of carbonyl (C=O) groups is 1. The molecule has 0 spiro atoms. The minimum absolute atomic E-state index is 0.0977. The standard InChI is InChI=1S/C16H15FO3/c1-19-15-8-7-13(17)11-14(15)16(18)20-10-9-12-5-3-2-4-6-12/h2-8,11H,9-10H2,1H3. The Labute approximate surface area is 117 Å². The summed E-state index contributed by atoms with van der Waals surface area (Å²) in [6, 6.07) is 13.4. The Morgan fingerprint density at radius 2 is 1.90 bits per heavy atom. The summed E-state index contributed by atoms with van der Waals surface area (Å²) < 4.78 is 23.3. The van der Waals surface area contributed by atoms with Gasteiger partial charge in [0.25, 0.3) is 0 Å². The second-order valence-electron chi connectivity index (χ2n) is 4.22. The lowest BCUT2D eigenvalue weighted by molar-refractivity contribution is 0.0505. The molecule has 0 amide bonds. The molecule has 0 heterocycles. The van der Waals surface area contributed by atoms with Crippen molar-refractivity contribution in [2.24, 2.45) is 0 Å². The van der Waals surface area contributed by atoms with Crippen LogP contribution in [-0.2, 0) is 11.2 Å². The van der Waals surface area contributed by atoms with Gasteiger partial charge in [0.2, 0.25) is 0 Å². The second kappa shape index (κ2) is 6.70. The third kappa shape index (κ3) is 3.57. The molecule has 20 heavy (non-hydrogen) atoms. The lowest BCUT2D eigenvalue weighted by Crippen LogP contribution is -2.10. The van der Waals surface area contributed by atoms with E-state index in [9.17, 15) is 9.18 Å². The summed E-state index contributed by atoms with van der Waals surface area (Å²) >= 11 is 0. The highest BCUT2D eigenvalue weighted by Crippen LogP contribution is 2.20. The van der Waals surface area contributed by atoms with Crippen LogP contribution in [0.4, 0.5) is 4.39 Å². The Balaban J connectivity index is 1.97. The minimum atomic E-state index is -0.586. The molecule has 0 saturated carbocycles. The molecule has 0 fully saturated rings. The predicted molar refractivity (Wildman–Crippen MR) is 73.4 cm³/mol. The maximum Gasteiger partial charge on any atom is 0.342 e. The number of rotatable bonds is 5. The molecule has 4 heteroatoms. The maximum absolute atomic E-state index is 13.2. The summed E-state index contributed by atoms with van der Waals surface area (Å²) in [5.74, 6) is -0.783. The molecule has 0 aliphatic rings. The molecule has 0 unspecified atom stereocenters. The van der Waals surface area contributed by atoms with E-state index in [0.29, 0.717) is 12.2 Å². The highest BCUT2D eigenvalue weighted by molar-refractivity contribution is 5.92. The summed E-state index contributed by atoms with van der Waals surface area (Å²) in [4.78, 5) is 11.9. The first-order valence-electron chi connectivity index (χ1n) is 6.25. The van der Waals surface area contributed by atoms with Crippen LogP contribution in [0.1, 0.15) is 15.9 Å². The molecule has 2 aromatic rings. The van der Waals surface area contributed by atoms with Crippen LogP contribution in [-0.4, -0.2) is 19.7 Å². The predicted octanol–water partition coefficient (Wildman–Crippen LogP) is 3.23. The fourth-order valence-electron chi connectivity index (χ4n) is 1.82. The lowest BCUT2D eigenvalue weighted by Gasteiger charge is -2.09. The molecule has 0 bridgehead atoms. The molecule has 0 aliphatic carbocycles. The zero-order valence-corrected chi connectivity index (χ0v) is 11.1. The number of halogens is 1. The minimum Gasteiger partial charge on any atom is -0.496 e. The van der Waals surface area contributed by atoms with Crippen LogP contribution in [0.2, 0.25) is 0 Å². The third-order valence-electron chi connectivity index (χ3n) is 2.85. The molecule has 0 N–H and O–H groups in total. The van der Waals surface area contributed by atoms with Gasteiger partial charge in [-0.3, -0.25) is 0 Å². The first-order valence-corrected chi connectivity index (χ1v) is 6.25. The molecular formula is C16H15FO3. The normalized spacial score (nSPS) is 10.1. The second-order valence-corrected chi connectivity index (χ2v) is 4.22. The van der Waals surface area contributed by atoms with Gasteiger partial charge < -0.3 is 9.47 Å². The highest BCUT2D eigenvalue weighted by atomic mass is 19.1. The number of hydrogen-bond donors (Lipinski definition) is 0. The fourth-order valence-corrected chi connectivity index (χ4v) is 1.82. The Kier molecular flexibility index (Phi) is 4.71. The molecule has 0 aliphatic heterocycles. The van der Waals surface area contributed by atoms with E-state index < -0.39 is 11.8 Å². The molecule has 2 rings (SSSR count). The van der Waals surface area contributed by atoms with Crippen molar-refractivity contribution >= 4 is 5.97 Å². The van der Waals surface area contributed by atoms with E-state index in [1.165, 1.54) is 19.2 Å². The summed E-state index contributed by atoms with van der Waals surface area (Å²) in [5, 5.41) is 0. The number of esters is 1. The molecule has 0 atom stereocenters. The van der Waals surface area contributed by atoms with Gasteiger partial charge >= 0.3 is 5.97 Å². The van der Waals surface area contributed by atoms with Crippen molar-refractivity contribution in [2.75, 3.05) is 13.7 Å². The summed E-state index contributed by atoms with van der Waals surface area (Å²) in [6.45, 7) is 0.239. The van der Waals surface area contributed by atoms with Crippen molar-refractivity contribution in [3.8, 4) is 5.75 Å². The van der Waals surface area contributed by atoms with Gasteiger partial charge in [0.1, 0.15) is 17.1 Å². The van der Waals surface area contributed by atoms with Gasteiger partial charge in [-0.15, -0.1) is 0 Å². The number of ether oxygens (including phenoxy) is 2. The first kappa shape index (κ1) is 14.1. The molecular weight excluding hydrogens is 259 g/mol. The van der Waals surface area contributed by atoms with Crippen molar-refractivity contribution in [1.29, 1.82) is 0 Å². The molecule has 0 radical (unpaired) electrons. The van der Waals surface area contributed by atoms with Gasteiger partial charge in [0.05, 0.1) is 13.7 Å². The van der Waals surface area contributed by atoms with Crippen molar-refractivity contribution in [1.82, 2.24) is 0 Å². The van der Waals surface area contributed by atoms with Gasteiger partial charge in [-0.1, -0.05) is 30.3 Å². The van der Waals surface area contributed by atoms with E-state index in [4.69, 9.17) is 9.47 Å². The van der Waals surface area contributed by atoms with Crippen LogP contribution in [0, 0.1) is 5.82 Å². The van der Waals surface area contributed by atoms with Crippen LogP contribution in [0.25, 0.3) is 0 Å². The van der Waals surface area contributed by atoms with Crippen LogP contribution in [0.15, 0.2) is 48.5 Å². The lowest BCUT2D eigenvalue weighted by atomic mass is 10.1. The topological polar surface area (TPSA) is 35.5 Å². The zero-order valence-electron chi connectivity index (χ0n) is 11.1. The van der Waals surface area contributed by atoms with E-state index in [2.05, 4.69) is 0 Å². The fraction of sp³-hybridized carbons (Fsp3) is 0.188. The summed E-state index contributed by atoms with van der Waals surface area (Å²) in [6.07, 6.45) is 0.615. The van der Waals surface area contributed by atoms with Gasteiger partial charge in [0, 0.05) is 6.42 Å². The van der Waals surface area contributed by atoms with Crippen molar-refractivity contribution in [2.45, 2.75) is 6.42 Å². The molecule has 0 saturated heterocycles. The molecule has 2 aromatic carbocycles. The van der Waals surface area contributed by atoms with E-state index >= 15 is 0 Å². The molecule has 104 valence electrons. The van der Waals surface area contributed by atoms with E-state index in [1.807, 2.05) is 30.3 Å². The average Bonchev–Trinajstić information content (AvgIpc) is 2.48. The van der Waals surface area contributed by atoms with E-state index in [1.54, 1.807) is 0 Å². The molecule has 0 aromatic heterocycles. The van der Waals surface area contributed by atoms with Crippen LogP contribution in [0.5, 0.6) is 5.75 Å². The SMILES string of the molecule is COc1ccc(F)cc1C(=O)OCCc1ccccc1. The van der Waals surface area contributed by atoms with Gasteiger partial charge in [0.15, 0.2) is 0 Å². The smallest absolute Gasteiger partial charge is 0.342 e. The monoisotopic (exact) mass is 274 g/mol. The van der Waals surface area contributed by atoms with Gasteiger partial charge in [-0.05, 0) is 23.8 Å². The van der Waals surface area contributed by atoms with Crippen LogP contribution >= 0.6 is 0 Å². The Hall–Kier alpha value is -2.36. The van der Waals surface area contributed by atoms with E-state index in [0.717, 1.165) is 11.6 Å². The third-order valence-corrected chi connectivity index (χ3v) is 2.85. The largest absolute Gasteiger partial charge is 0.496 e. The van der Waals surface area contributed by atoms with Crippen molar-refractivity contribution in [3.63, 3.8) is 0 Å². The summed E-state index contributed by atoms with van der Waals surface area (Å²) in [5.41, 5.74) is 1.17. The number of benzene rings is 2. The highest BCUT2D eigenvalue weighted by Gasteiger charge is 2.14. The Morgan fingerprint density at radius 1 is 1.15 bits per heavy atom. The number of carbonyl (C=O) groups excluding carboxylic acids is 1. The Bertz CT molecular complexity index is 582. The number of methoxy groups -OCH3 is 1. The van der Waals surface area contributed by atoms with E-state index in [-0.39, 0.29) is 12.2 Å². The van der Waals surface area contributed by atoms with Gasteiger partial charge in [-0.25, -0.2) is 9.18 Å². The first-order chi connectivity index (χ1) is 9.70. The maximum atomic E-state index is 13.2. The van der Waals surface area contributed by atoms with Gasteiger partial charge in [-0.2, -0.15) is 0 Å².